The fourth-order valence-electron chi connectivity index (χ4n) is 1.28. The van der Waals surface area contributed by atoms with E-state index >= 15 is 0 Å². The second kappa shape index (κ2) is 4.53. The molecule has 1 aromatic carbocycles. The first-order chi connectivity index (χ1) is 7.69. The average Bonchev–Trinajstić information content (AvgIpc) is 2.67. The van der Waals surface area contributed by atoms with E-state index in [0.717, 1.165) is 5.69 Å². The molecule has 1 N–H and O–H groups in total. The number of aromatic nitrogens is 2. The summed E-state index contributed by atoms with van der Waals surface area (Å²) in [4.78, 5) is 0. The van der Waals surface area contributed by atoms with E-state index in [1.165, 1.54) is 0 Å². The number of aryl methyl sites for hydroxylation is 1. The second-order valence-corrected chi connectivity index (χ2v) is 3.79. The van der Waals surface area contributed by atoms with Gasteiger partial charge in [-0.15, -0.1) is 5.10 Å². The van der Waals surface area contributed by atoms with Crippen LogP contribution in [0.4, 0.5) is 4.39 Å². The molecule has 5 heteroatoms. The molecule has 1 heterocycles. The van der Waals surface area contributed by atoms with Crippen LogP contribution in [-0.4, -0.2) is 10.2 Å². The van der Waals surface area contributed by atoms with E-state index in [-0.39, 0.29) is 0 Å². The van der Waals surface area contributed by atoms with Crippen LogP contribution in [0.2, 0.25) is 5.02 Å². The number of ether oxygens (including phenoxy) is 1. The van der Waals surface area contributed by atoms with Crippen molar-refractivity contribution in [2.75, 3.05) is 0 Å². The van der Waals surface area contributed by atoms with Crippen molar-refractivity contribution in [2.45, 2.75) is 13.6 Å². The number of benzene rings is 1. The van der Waals surface area contributed by atoms with Gasteiger partial charge in [0.1, 0.15) is 12.4 Å². The van der Waals surface area contributed by atoms with Crippen molar-refractivity contribution in [3.63, 3.8) is 0 Å². The summed E-state index contributed by atoms with van der Waals surface area (Å²) in [6, 6.07) is 6.59. The smallest absolute Gasteiger partial charge is 0.238 e. The number of H-pyrrole nitrogens is 1. The summed E-state index contributed by atoms with van der Waals surface area (Å²) in [7, 11) is 0. The van der Waals surface area contributed by atoms with Crippen LogP contribution in [0.15, 0.2) is 24.3 Å². The Morgan fingerprint density at radius 3 is 2.88 bits per heavy atom. The molecule has 2 aromatic rings. The highest BCUT2D eigenvalue weighted by molar-refractivity contribution is 6.31. The first kappa shape index (κ1) is 11.0. The molecule has 2 rings (SSSR count). The van der Waals surface area contributed by atoms with Gasteiger partial charge in [0, 0.05) is 22.3 Å². The predicted molar refractivity (Wildman–Crippen MR) is 59.7 cm³/mol. The van der Waals surface area contributed by atoms with Crippen molar-refractivity contribution in [3.05, 3.63) is 40.5 Å². The Morgan fingerprint density at radius 1 is 1.44 bits per heavy atom. The van der Waals surface area contributed by atoms with Gasteiger partial charge in [-0.05, 0) is 25.1 Å². The highest BCUT2D eigenvalue weighted by Gasteiger charge is 2.05. The number of hydrogen-bond donors (Lipinski definition) is 1. The Hall–Kier alpha value is -1.55. The maximum absolute atomic E-state index is 12.5. The van der Waals surface area contributed by atoms with Gasteiger partial charge >= 0.3 is 0 Å². The molecule has 16 heavy (non-hydrogen) atoms. The quantitative estimate of drug-likeness (QED) is 0.890. The van der Waals surface area contributed by atoms with Crippen molar-refractivity contribution in [2.24, 2.45) is 0 Å². The average molecular weight is 241 g/mol. The lowest BCUT2D eigenvalue weighted by molar-refractivity contribution is 0.454. The van der Waals surface area contributed by atoms with E-state index < -0.39 is 6.67 Å². The minimum Gasteiger partial charge on any atom is -0.438 e. The molecule has 0 aliphatic carbocycles. The molecule has 0 spiro atoms. The Bertz CT molecular complexity index is 498. The van der Waals surface area contributed by atoms with Crippen molar-refractivity contribution >= 4 is 11.6 Å². The van der Waals surface area contributed by atoms with Gasteiger partial charge in [-0.25, -0.2) is 4.39 Å². The Labute approximate surface area is 97.2 Å². The van der Waals surface area contributed by atoms with Gasteiger partial charge in [-0.1, -0.05) is 11.6 Å². The Morgan fingerprint density at radius 2 is 2.25 bits per heavy atom. The molecule has 0 saturated heterocycles. The first-order valence-corrected chi connectivity index (χ1v) is 5.11. The number of nitrogens with one attached hydrogen (secondary N) is 1. The highest BCUT2D eigenvalue weighted by Crippen LogP contribution is 2.26. The van der Waals surface area contributed by atoms with Crippen LogP contribution in [0.25, 0.3) is 0 Å². The third-order valence-corrected chi connectivity index (χ3v) is 2.43. The zero-order valence-electron chi connectivity index (χ0n) is 8.63. The van der Waals surface area contributed by atoms with Crippen molar-refractivity contribution in [1.29, 1.82) is 0 Å². The largest absolute Gasteiger partial charge is 0.438 e. The number of aromatic amines is 1. The minimum atomic E-state index is -0.615. The zero-order chi connectivity index (χ0) is 11.5. The van der Waals surface area contributed by atoms with E-state index in [2.05, 4.69) is 10.2 Å². The lowest BCUT2D eigenvalue weighted by Crippen LogP contribution is -1.87. The number of alkyl halides is 1. The first-order valence-electron chi connectivity index (χ1n) is 4.73. The normalized spacial score (nSPS) is 10.4. The number of rotatable bonds is 3. The molecule has 3 nitrogen and oxygen atoms in total. The SMILES string of the molecule is Cc1cc(Oc2ccc(Cl)c(CF)c2)n[nH]1. The maximum atomic E-state index is 12.5. The van der Waals surface area contributed by atoms with Gasteiger partial charge in [-0.2, -0.15) is 0 Å². The van der Waals surface area contributed by atoms with E-state index in [4.69, 9.17) is 16.3 Å². The van der Waals surface area contributed by atoms with Gasteiger partial charge in [-0.3, -0.25) is 5.10 Å². The summed E-state index contributed by atoms with van der Waals surface area (Å²) >= 11 is 5.79. The van der Waals surface area contributed by atoms with Crippen LogP contribution in [0, 0.1) is 6.92 Å². The van der Waals surface area contributed by atoms with Gasteiger partial charge in [0.15, 0.2) is 0 Å². The monoisotopic (exact) mass is 240 g/mol. The van der Waals surface area contributed by atoms with Crippen LogP contribution in [-0.2, 0) is 6.67 Å². The van der Waals surface area contributed by atoms with Crippen LogP contribution < -0.4 is 4.74 Å². The third-order valence-electron chi connectivity index (χ3n) is 2.07. The van der Waals surface area contributed by atoms with Crippen LogP contribution in [0.3, 0.4) is 0 Å². The van der Waals surface area contributed by atoms with E-state index in [0.29, 0.717) is 22.2 Å². The molecule has 0 fully saturated rings. The number of hydrogen-bond acceptors (Lipinski definition) is 2. The summed E-state index contributed by atoms with van der Waals surface area (Å²) in [6.07, 6.45) is 0. The molecular formula is C11H10ClFN2O. The zero-order valence-corrected chi connectivity index (χ0v) is 9.38. The molecule has 0 radical (unpaired) electrons. The highest BCUT2D eigenvalue weighted by atomic mass is 35.5. The molecule has 0 saturated carbocycles. The molecule has 1 aromatic heterocycles. The van der Waals surface area contributed by atoms with E-state index in [9.17, 15) is 4.39 Å². The molecular weight excluding hydrogens is 231 g/mol. The van der Waals surface area contributed by atoms with E-state index in [1.54, 1.807) is 24.3 Å². The van der Waals surface area contributed by atoms with Gasteiger partial charge in [0.05, 0.1) is 0 Å². The molecule has 0 bridgehead atoms. The summed E-state index contributed by atoms with van der Waals surface area (Å²) in [5.41, 5.74) is 1.31. The van der Waals surface area contributed by atoms with Crippen molar-refractivity contribution in [1.82, 2.24) is 10.2 Å². The summed E-state index contributed by atoms with van der Waals surface area (Å²) in [5, 5.41) is 7.07. The molecule has 0 aliphatic rings. The molecule has 84 valence electrons. The molecule has 0 unspecified atom stereocenters. The van der Waals surface area contributed by atoms with Gasteiger partial charge in [0.2, 0.25) is 5.88 Å². The second-order valence-electron chi connectivity index (χ2n) is 3.38. The summed E-state index contributed by atoms with van der Waals surface area (Å²) < 4.78 is 18.0. The third kappa shape index (κ3) is 2.33. The Balaban J connectivity index is 2.21. The molecule has 0 atom stereocenters. The van der Waals surface area contributed by atoms with Crippen LogP contribution >= 0.6 is 11.6 Å². The number of nitrogens with zero attached hydrogens (tertiary/aromatic N) is 1. The van der Waals surface area contributed by atoms with Crippen LogP contribution in [0.5, 0.6) is 11.6 Å². The maximum Gasteiger partial charge on any atom is 0.238 e. The lowest BCUT2D eigenvalue weighted by Gasteiger charge is -2.04. The number of halogens is 2. The minimum absolute atomic E-state index is 0.396. The van der Waals surface area contributed by atoms with Crippen molar-refractivity contribution < 1.29 is 9.13 Å². The standard InChI is InChI=1S/C11H10ClFN2O/c1-7-4-11(15-14-7)16-9-2-3-10(12)8(5-9)6-13/h2-5H,6H2,1H3,(H,14,15). The fraction of sp³-hybridized carbons (Fsp3) is 0.182. The molecule has 0 amide bonds. The van der Waals surface area contributed by atoms with Crippen LogP contribution in [0.1, 0.15) is 11.3 Å². The van der Waals surface area contributed by atoms with Gasteiger partial charge < -0.3 is 4.74 Å². The predicted octanol–water partition coefficient (Wildman–Crippen LogP) is 3.63. The van der Waals surface area contributed by atoms with Gasteiger partial charge in [0.25, 0.3) is 0 Å². The van der Waals surface area contributed by atoms with Crippen molar-refractivity contribution in [3.8, 4) is 11.6 Å². The summed E-state index contributed by atoms with van der Waals surface area (Å²) in [5.74, 6) is 0.966. The lowest BCUT2D eigenvalue weighted by atomic mass is 10.2. The fourth-order valence-corrected chi connectivity index (χ4v) is 1.45. The topological polar surface area (TPSA) is 37.9 Å². The molecule has 0 aliphatic heterocycles. The Kier molecular flexibility index (Phi) is 3.10. The summed E-state index contributed by atoms with van der Waals surface area (Å²) in [6.45, 7) is 1.25. The van der Waals surface area contributed by atoms with E-state index in [1.807, 2.05) is 6.92 Å².